The standard InChI is InChI=1S/C11H27F2O3PSi2/c1-18(2,3)9-7-15-17(14,11(12)13)16-8-10-19(4,5)6/h11H,7-10H2,1-6H3. The largest absolute Gasteiger partial charge is 0.396 e. The van der Waals surface area contributed by atoms with Crippen LogP contribution in [-0.2, 0) is 13.6 Å². The van der Waals surface area contributed by atoms with Crippen LogP contribution in [0.25, 0.3) is 0 Å². The van der Waals surface area contributed by atoms with Crippen molar-refractivity contribution in [1.29, 1.82) is 0 Å². The van der Waals surface area contributed by atoms with Gasteiger partial charge in [0.25, 0.3) is 0 Å². The van der Waals surface area contributed by atoms with Crippen LogP contribution in [0.5, 0.6) is 0 Å². The smallest absolute Gasteiger partial charge is 0.305 e. The van der Waals surface area contributed by atoms with Crippen molar-refractivity contribution in [3.63, 3.8) is 0 Å². The molecule has 116 valence electrons. The van der Waals surface area contributed by atoms with Gasteiger partial charge in [0.2, 0.25) is 0 Å². The summed E-state index contributed by atoms with van der Waals surface area (Å²) in [6, 6.07) is 1.39. The normalized spacial score (nSPS) is 14.2. The highest BCUT2D eigenvalue weighted by molar-refractivity contribution is 7.54. The molecule has 0 atom stereocenters. The molecule has 0 aliphatic heterocycles. The highest BCUT2D eigenvalue weighted by Gasteiger charge is 2.37. The van der Waals surface area contributed by atoms with Gasteiger partial charge in [-0.25, -0.2) is 0 Å². The second-order valence-electron chi connectivity index (χ2n) is 7.11. The Balaban J connectivity index is 4.32. The summed E-state index contributed by atoms with van der Waals surface area (Å²) in [6.07, 6.45) is -3.06. The van der Waals surface area contributed by atoms with Crippen LogP contribution >= 0.6 is 7.60 Å². The molecule has 0 rings (SSSR count). The van der Waals surface area contributed by atoms with E-state index < -0.39 is 29.9 Å². The predicted octanol–water partition coefficient (Wildman–Crippen LogP) is 5.11. The van der Waals surface area contributed by atoms with Gasteiger partial charge < -0.3 is 9.05 Å². The molecule has 0 saturated heterocycles. The van der Waals surface area contributed by atoms with E-state index in [1.54, 1.807) is 0 Å². The molecule has 0 aliphatic rings. The summed E-state index contributed by atoms with van der Waals surface area (Å²) < 4.78 is 47.4. The lowest BCUT2D eigenvalue weighted by atomic mass is 10.9. The Morgan fingerprint density at radius 1 is 0.895 bits per heavy atom. The highest BCUT2D eigenvalue weighted by atomic mass is 31.2. The van der Waals surface area contributed by atoms with Crippen LogP contribution in [0.2, 0.25) is 51.4 Å². The van der Waals surface area contributed by atoms with E-state index in [0.29, 0.717) is 12.1 Å². The molecule has 0 aromatic rings. The Morgan fingerprint density at radius 2 is 1.21 bits per heavy atom. The zero-order valence-corrected chi connectivity index (χ0v) is 15.7. The van der Waals surface area contributed by atoms with Crippen LogP contribution in [0, 0.1) is 0 Å². The van der Waals surface area contributed by atoms with Crippen molar-refractivity contribution in [1.82, 2.24) is 0 Å². The van der Waals surface area contributed by atoms with Crippen molar-refractivity contribution in [3.8, 4) is 0 Å². The van der Waals surface area contributed by atoms with E-state index in [1.807, 2.05) is 0 Å². The molecule has 3 nitrogen and oxygen atoms in total. The van der Waals surface area contributed by atoms with E-state index in [2.05, 4.69) is 39.3 Å². The average Bonchev–Trinajstić information content (AvgIpc) is 2.12. The summed E-state index contributed by atoms with van der Waals surface area (Å²) >= 11 is 0. The minimum absolute atomic E-state index is 0.0876. The Morgan fingerprint density at radius 3 is 1.42 bits per heavy atom. The van der Waals surface area contributed by atoms with Gasteiger partial charge in [-0.05, 0) is 12.1 Å². The first-order valence-corrected chi connectivity index (χ1v) is 15.6. The van der Waals surface area contributed by atoms with Crippen molar-refractivity contribution in [2.24, 2.45) is 0 Å². The second-order valence-corrected chi connectivity index (χ2v) is 20.3. The molecule has 0 bridgehead atoms. The fourth-order valence-corrected chi connectivity index (χ4v) is 3.87. The maximum Gasteiger partial charge on any atom is 0.396 e. The van der Waals surface area contributed by atoms with Gasteiger partial charge in [0, 0.05) is 16.1 Å². The molecule has 0 unspecified atom stereocenters. The number of rotatable bonds is 9. The van der Waals surface area contributed by atoms with Gasteiger partial charge in [-0.15, -0.1) is 0 Å². The molecule has 0 radical (unpaired) electrons. The van der Waals surface area contributed by atoms with Gasteiger partial charge in [0.15, 0.2) is 0 Å². The van der Waals surface area contributed by atoms with Gasteiger partial charge in [0.05, 0.1) is 13.2 Å². The predicted molar refractivity (Wildman–Crippen MR) is 81.8 cm³/mol. The molecule has 0 aliphatic carbocycles. The number of hydrogen-bond acceptors (Lipinski definition) is 3. The van der Waals surface area contributed by atoms with E-state index in [0.717, 1.165) is 0 Å². The minimum Gasteiger partial charge on any atom is -0.305 e. The van der Waals surface area contributed by atoms with E-state index in [1.165, 1.54) is 0 Å². The number of hydrogen-bond donors (Lipinski definition) is 0. The molecule has 0 heterocycles. The first-order valence-electron chi connectivity index (χ1n) is 6.53. The maximum absolute atomic E-state index is 12.8. The Labute approximate surface area is 117 Å². The summed E-state index contributed by atoms with van der Waals surface area (Å²) in [5, 5.41) is 0. The average molecular weight is 332 g/mol. The molecule has 0 amide bonds. The van der Waals surface area contributed by atoms with Gasteiger partial charge in [0.1, 0.15) is 0 Å². The topological polar surface area (TPSA) is 35.5 Å². The third-order valence-electron chi connectivity index (χ3n) is 2.49. The van der Waals surface area contributed by atoms with Crippen molar-refractivity contribution >= 4 is 23.7 Å². The first kappa shape index (κ1) is 19.4. The van der Waals surface area contributed by atoms with Crippen LogP contribution in [0.4, 0.5) is 8.78 Å². The third kappa shape index (κ3) is 9.90. The van der Waals surface area contributed by atoms with E-state index in [-0.39, 0.29) is 13.2 Å². The van der Waals surface area contributed by atoms with Crippen molar-refractivity contribution < 1.29 is 22.4 Å². The lowest BCUT2D eigenvalue weighted by Gasteiger charge is -2.22. The summed E-state index contributed by atoms with van der Waals surface area (Å²) in [5.74, 6) is 0. The molecule has 8 heteroatoms. The monoisotopic (exact) mass is 332 g/mol. The van der Waals surface area contributed by atoms with Crippen molar-refractivity contribution in [3.05, 3.63) is 0 Å². The van der Waals surface area contributed by atoms with Gasteiger partial charge in [-0.3, -0.25) is 4.57 Å². The SMILES string of the molecule is C[Si](C)(C)CCOP(=O)(OCC[Si](C)(C)C)C(F)F. The number of alkyl halides is 2. The zero-order chi connectivity index (χ0) is 15.3. The quantitative estimate of drug-likeness (QED) is 0.435. The fraction of sp³-hybridized carbons (Fsp3) is 1.00. The fourth-order valence-electron chi connectivity index (χ4n) is 1.11. The molecule has 0 spiro atoms. The minimum atomic E-state index is -4.25. The summed E-state index contributed by atoms with van der Waals surface area (Å²) in [5.41, 5.74) is 0. The summed E-state index contributed by atoms with van der Waals surface area (Å²) in [7, 11) is -7.04. The van der Waals surface area contributed by atoms with Crippen LogP contribution < -0.4 is 0 Å². The van der Waals surface area contributed by atoms with Crippen molar-refractivity contribution in [2.45, 2.75) is 57.5 Å². The molecule has 0 saturated carbocycles. The maximum atomic E-state index is 12.8. The molecule has 0 aromatic carbocycles. The van der Waals surface area contributed by atoms with Gasteiger partial charge in [-0.2, -0.15) is 8.78 Å². The summed E-state index contributed by atoms with van der Waals surface area (Å²) in [4.78, 5) is 0. The molecular formula is C11H27F2O3PSi2. The second kappa shape index (κ2) is 7.45. The third-order valence-corrected chi connectivity index (χ3v) is 7.46. The Hall–Kier alpha value is 0.444. The van der Waals surface area contributed by atoms with Gasteiger partial charge >= 0.3 is 13.8 Å². The molecule has 0 N–H and O–H groups in total. The van der Waals surface area contributed by atoms with E-state index in [4.69, 9.17) is 9.05 Å². The van der Waals surface area contributed by atoms with E-state index >= 15 is 0 Å². The molecule has 0 fully saturated rings. The lowest BCUT2D eigenvalue weighted by Crippen LogP contribution is -2.23. The first-order chi connectivity index (χ1) is 8.36. The summed E-state index contributed by atoms with van der Waals surface area (Å²) in [6.45, 7) is 12.8. The zero-order valence-electron chi connectivity index (χ0n) is 12.8. The van der Waals surface area contributed by atoms with Crippen LogP contribution in [0.3, 0.4) is 0 Å². The van der Waals surface area contributed by atoms with Gasteiger partial charge in [-0.1, -0.05) is 39.3 Å². The Bertz CT molecular complexity index is 290. The highest BCUT2D eigenvalue weighted by Crippen LogP contribution is 2.54. The van der Waals surface area contributed by atoms with E-state index in [9.17, 15) is 13.3 Å². The Kier molecular flexibility index (Phi) is 7.63. The van der Waals surface area contributed by atoms with Crippen LogP contribution in [0.15, 0.2) is 0 Å². The van der Waals surface area contributed by atoms with Crippen molar-refractivity contribution in [2.75, 3.05) is 13.2 Å². The molecule has 19 heavy (non-hydrogen) atoms. The molecule has 0 aromatic heterocycles. The van der Waals surface area contributed by atoms with Crippen LogP contribution in [0.1, 0.15) is 0 Å². The van der Waals surface area contributed by atoms with Crippen LogP contribution in [-0.4, -0.2) is 35.5 Å². The molecular weight excluding hydrogens is 305 g/mol. The number of halogens is 2. The lowest BCUT2D eigenvalue weighted by molar-refractivity contribution is 0.135.